The molecule has 1 aromatic rings. The maximum atomic E-state index is 12.0. The van der Waals surface area contributed by atoms with E-state index < -0.39 is 0 Å². The van der Waals surface area contributed by atoms with Crippen molar-refractivity contribution in [1.29, 1.82) is 0 Å². The number of nitrogens with zero attached hydrogens (tertiary/aromatic N) is 2. The molecule has 2 heterocycles. The minimum Gasteiger partial charge on any atom is -0.448 e. The average Bonchev–Trinajstić information content (AvgIpc) is 2.82. The molecule has 2 rings (SSSR count). The number of nitrogens with one attached hydrogen (secondary N) is 1. The lowest BCUT2D eigenvalue weighted by Gasteiger charge is -2.38. The smallest absolute Gasteiger partial charge is 0.317 e. The number of carbonyl (C=O) groups is 1. The summed E-state index contributed by atoms with van der Waals surface area (Å²) < 4.78 is 10.6. The molecule has 1 aromatic heterocycles. The van der Waals surface area contributed by atoms with Gasteiger partial charge in [0.1, 0.15) is 11.5 Å². The van der Waals surface area contributed by atoms with E-state index in [1.165, 1.54) is 6.39 Å². The average molecular weight is 267 g/mol. The highest BCUT2D eigenvalue weighted by atomic mass is 16.5. The normalized spacial score (nSPS) is 18.4. The van der Waals surface area contributed by atoms with Crippen LogP contribution in [0.5, 0.6) is 0 Å². The molecule has 0 atom stereocenters. The Balaban J connectivity index is 1.80. The fourth-order valence-electron chi connectivity index (χ4n) is 2.16. The van der Waals surface area contributed by atoms with Crippen LogP contribution in [0.3, 0.4) is 0 Å². The lowest BCUT2D eigenvalue weighted by Crippen LogP contribution is -2.49. The second-order valence-electron chi connectivity index (χ2n) is 5.16. The standard InChI is InChI=1S/C13H21N3O3/c1-10-11(15-9-19-10)8-14-12(17)16-6-4-13(2,18-3)5-7-16/h9H,4-8H2,1-3H3,(H,14,17). The second-order valence-corrected chi connectivity index (χ2v) is 5.16. The van der Waals surface area contributed by atoms with Gasteiger partial charge in [-0.3, -0.25) is 0 Å². The summed E-state index contributed by atoms with van der Waals surface area (Å²) >= 11 is 0. The summed E-state index contributed by atoms with van der Waals surface area (Å²) in [5.74, 6) is 0.742. The topological polar surface area (TPSA) is 67.6 Å². The first-order valence-corrected chi connectivity index (χ1v) is 6.51. The quantitative estimate of drug-likeness (QED) is 0.905. The minimum absolute atomic E-state index is 0.0550. The van der Waals surface area contributed by atoms with Crippen molar-refractivity contribution >= 4 is 6.03 Å². The molecule has 1 fully saturated rings. The van der Waals surface area contributed by atoms with E-state index in [0.717, 1.165) is 24.3 Å². The van der Waals surface area contributed by atoms with Crippen molar-refractivity contribution < 1.29 is 13.9 Å². The Labute approximate surface area is 113 Å². The highest BCUT2D eigenvalue weighted by Crippen LogP contribution is 2.24. The Morgan fingerprint density at radius 1 is 1.58 bits per heavy atom. The monoisotopic (exact) mass is 267 g/mol. The fraction of sp³-hybridized carbons (Fsp3) is 0.692. The summed E-state index contributed by atoms with van der Waals surface area (Å²) in [4.78, 5) is 17.9. The van der Waals surface area contributed by atoms with E-state index in [-0.39, 0.29) is 11.6 Å². The van der Waals surface area contributed by atoms with Crippen molar-refractivity contribution in [2.75, 3.05) is 20.2 Å². The fourth-order valence-corrected chi connectivity index (χ4v) is 2.16. The lowest BCUT2D eigenvalue weighted by atomic mass is 9.94. The number of urea groups is 1. The van der Waals surface area contributed by atoms with E-state index in [1.807, 2.05) is 11.8 Å². The molecule has 6 nitrogen and oxygen atoms in total. The van der Waals surface area contributed by atoms with Gasteiger partial charge in [0, 0.05) is 20.2 Å². The molecular formula is C13H21N3O3. The van der Waals surface area contributed by atoms with Crippen LogP contribution in [-0.4, -0.2) is 41.7 Å². The van der Waals surface area contributed by atoms with Gasteiger partial charge in [0.15, 0.2) is 6.39 Å². The SMILES string of the molecule is COC1(C)CCN(C(=O)NCc2ncoc2C)CC1. The Kier molecular flexibility index (Phi) is 4.09. The van der Waals surface area contributed by atoms with Crippen LogP contribution in [0.2, 0.25) is 0 Å². The van der Waals surface area contributed by atoms with E-state index >= 15 is 0 Å². The number of piperidine rings is 1. The summed E-state index contributed by atoms with van der Waals surface area (Å²) in [5, 5.41) is 2.86. The molecular weight excluding hydrogens is 246 g/mol. The molecule has 1 N–H and O–H groups in total. The summed E-state index contributed by atoms with van der Waals surface area (Å²) in [6.45, 7) is 5.75. The third-order valence-electron chi connectivity index (χ3n) is 3.85. The molecule has 0 saturated carbocycles. The zero-order chi connectivity index (χ0) is 13.9. The van der Waals surface area contributed by atoms with E-state index in [2.05, 4.69) is 17.2 Å². The molecule has 0 unspecified atom stereocenters. The molecule has 1 aliphatic heterocycles. The van der Waals surface area contributed by atoms with Crippen molar-refractivity contribution in [3.05, 3.63) is 17.8 Å². The van der Waals surface area contributed by atoms with Crippen LogP contribution in [0.4, 0.5) is 4.79 Å². The van der Waals surface area contributed by atoms with Crippen molar-refractivity contribution in [3.8, 4) is 0 Å². The second kappa shape index (κ2) is 5.61. The summed E-state index contributed by atoms with van der Waals surface area (Å²) in [5.41, 5.74) is 0.673. The number of aryl methyl sites for hydroxylation is 1. The zero-order valence-electron chi connectivity index (χ0n) is 11.7. The maximum absolute atomic E-state index is 12.0. The van der Waals surface area contributed by atoms with Gasteiger partial charge in [0.05, 0.1) is 12.1 Å². The van der Waals surface area contributed by atoms with Crippen LogP contribution in [0.15, 0.2) is 10.8 Å². The summed E-state index contributed by atoms with van der Waals surface area (Å²) in [6.07, 6.45) is 3.11. The molecule has 1 saturated heterocycles. The van der Waals surface area contributed by atoms with Crippen LogP contribution < -0.4 is 5.32 Å². The van der Waals surface area contributed by atoms with Crippen molar-refractivity contribution in [1.82, 2.24) is 15.2 Å². The van der Waals surface area contributed by atoms with Gasteiger partial charge in [-0.15, -0.1) is 0 Å². The van der Waals surface area contributed by atoms with Crippen LogP contribution in [0, 0.1) is 6.92 Å². The van der Waals surface area contributed by atoms with E-state index in [1.54, 1.807) is 7.11 Å². The molecule has 0 bridgehead atoms. The number of amides is 2. The van der Waals surface area contributed by atoms with Gasteiger partial charge in [-0.1, -0.05) is 0 Å². The molecule has 1 aliphatic rings. The predicted molar refractivity (Wildman–Crippen MR) is 69.7 cm³/mol. The van der Waals surface area contributed by atoms with Crippen LogP contribution >= 0.6 is 0 Å². The van der Waals surface area contributed by atoms with Crippen molar-refractivity contribution in [3.63, 3.8) is 0 Å². The largest absolute Gasteiger partial charge is 0.448 e. The molecule has 0 aromatic carbocycles. The number of methoxy groups -OCH3 is 1. The number of ether oxygens (including phenoxy) is 1. The van der Waals surface area contributed by atoms with Gasteiger partial charge < -0.3 is 19.4 Å². The van der Waals surface area contributed by atoms with Gasteiger partial charge in [0.2, 0.25) is 0 Å². The van der Waals surface area contributed by atoms with Crippen LogP contribution in [0.1, 0.15) is 31.2 Å². The third kappa shape index (κ3) is 3.26. The number of likely N-dealkylation sites (tertiary alicyclic amines) is 1. The molecule has 19 heavy (non-hydrogen) atoms. The van der Waals surface area contributed by atoms with Gasteiger partial charge >= 0.3 is 6.03 Å². The van der Waals surface area contributed by atoms with Crippen LogP contribution in [0.25, 0.3) is 0 Å². The predicted octanol–water partition coefficient (Wildman–Crippen LogP) is 1.69. The first-order valence-electron chi connectivity index (χ1n) is 6.51. The van der Waals surface area contributed by atoms with Crippen LogP contribution in [-0.2, 0) is 11.3 Å². The number of oxazole rings is 1. The zero-order valence-corrected chi connectivity index (χ0v) is 11.7. The summed E-state index contributed by atoms with van der Waals surface area (Å²) in [6, 6.07) is -0.0550. The number of hydrogen-bond donors (Lipinski definition) is 1. The number of carbonyl (C=O) groups excluding carboxylic acids is 1. The van der Waals surface area contributed by atoms with Gasteiger partial charge in [-0.05, 0) is 26.7 Å². The van der Waals surface area contributed by atoms with E-state index in [4.69, 9.17) is 9.15 Å². The maximum Gasteiger partial charge on any atom is 0.317 e. The van der Waals surface area contributed by atoms with E-state index in [9.17, 15) is 4.79 Å². The van der Waals surface area contributed by atoms with Gasteiger partial charge in [-0.2, -0.15) is 0 Å². The molecule has 106 valence electrons. The van der Waals surface area contributed by atoms with Crippen molar-refractivity contribution in [2.45, 2.75) is 38.8 Å². The molecule has 0 radical (unpaired) electrons. The summed E-state index contributed by atoms with van der Waals surface area (Å²) in [7, 11) is 1.73. The molecule has 0 spiro atoms. The van der Waals surface area contributed by atoms with Gasteiger partial charge in [0.25, 0.3) is 0 Å². The first-order chi connectivity index (χ1) is 9.04. The Hall–Kier alpha value is -1.56. The number of hydrogen-bond acceptors (Lipinski definition) is 4. The molecule has 2 amide bonds. The first kappa shape index (κ1) is 13.9. The number of rotatable bonds is 3. The lowest BCUT2D eigenvalue weighted by molar-refractivity contribution is -0.0353. The highest BCUT2D eigenvalue weighted by Gasteiger charge is 2.31. The Morgan fingerprint density at radius 3 is 2.79 bits per heavy atom. The van der Waals surface area contributed by atoms with E-state index in [0.29, 0.717) is 19.6 Å². The third-order valence-corrected chi connectivity index (χ3v) is 3.85. The number of aromatic nitrogens is 1. The molecule has 6 heteroatoms. The Bertz CT molecular complexity index is 436. The van der Waals surface area contributed by atoms with Crippen molar-refractivity contribution in [2.24, 2.45) is 0 Å². The minimum atomic E-state index is -0.0977. The Morgan fingerprint density at radius 2 is 2.26 bits per heavy atom. The van der Waals surface area contributed by atoms with Gasteiger partial charge in [-0.25, -0.2) is 9.78 Å². The highest BCUT2D eigenvalue weighted by molar-refractivity contribution is 5.74. The molecule has 0 aliphatic carbocycles.